The molecule has 1 fully saturated rings. The van der Waals surface area contributed by atoms with Gasteiger partial charge < -0.3 is 25.2 Å². The van der Waals surface area contributed by atoms with E-state index in [1.807, 2.05) is 0 Å². The normalized spacial score (nSPS) is 14.4. The number of carbonyl (C=O) groups is 1. The number of nitrogens with two attached hydrogens (primary N) is 1. The molecule has 3 aromatic carbocycles. The Morgan fingerprint density at radius 2 is 1.56 bits per heavy atom. The van der Waals surface area contributed by atoms with Gasteiger partial charge in [-0.2, -0.15) is 8.42 Å². The number of guanidine groups is 1. The number of piperazine rings is 1. The topological polar surface area (TPSA) is 138 Å². The van der Waals surface area contributed by atoms with Crippen molar-refractivity contribution >= 4 is 61.7 Å². The SMILES string of the molecule is N/C(=N\S(=O)(=O)c1c(Cl)cccc1Cl)N1CCN(c2cc3c(cc2F)c(=O)c(C(=O)O)cn3-c2ccc(F)cc2F)CC1. The number of hydrogen-bond donors (Lipinski definition) is 2. The number of sulfonamides is 1. The first kappa shape index (κ1) is 30.2. The summed E-state index contributed by atoms with van der Waals surface area (Å²) in [6.45, 7) is 0.452. The number of halogens is 5. The van der Waals surface area contributed by atoms with Gasteiger partial charge >= 0.3 is 5.97 Å². The Hall–Kier alpha value is -4.27. The van der Waals surface area contributed by atoms with Crippen LogP contribution in [0.4, 0.5) is 18.9 Å². The number of carboxylic acids is 1. The van der Waals surface area contributed by atoms with Gasteiger partial charge in [0, 0.05) is 43.8 Å². The summed E-state index contributed by atoms with van der Waals surface area (Å²) in [5.74, 6) is -4.72. The van der Waals surface area contributed by atoms with Crippen LogP contribution in [-0.4, -0.2) is 61.1 Å². The maximum Gasteiger partial charge on any atom is 0.341 e. The minimum atomic E-state index is -4.36. The third-order valence-corrected chi connectivity index (χ3v) is 9.04. The minimum Gasteiger partial charge on any atom is -0.477 e. The lowest BCUT2D eigenvalue weighted by Gasteiger charge is -2.36. The average Bonchev–Trinajstić information content (AvgIpc) is 2.93. The van der Waals surface area contributed by atoms with Crippen LogP contribution in [0.5, 0.6) is 0 Å². The minimum absolute atomic E-state index is 0.00289. The van der Waals surface area contributed by atoms with Crippen LogP contribution in [0.15, 0.2) is 68.8 Å². The third-order valence-electron chi connectivity index (χ3n) is 6.81. The number of aromatic carboxylic acids is 1. The van der Waals surface area contributed by atoms with Crippen molar-refractivity contribution in [3.63, 3.8) is 0 Å². The molecule has 1 aliphatic heterocycles. The second-order valence-corrected chi connectivity index (χ2v) is 11.8. The summed E-state index contributed by atoms with van der Waals surface area (Å²) >= 11 is 12.0. The van der Waals surface area contributed by atoms with Crippen LogP contribution in [0.2, 0.25) is 10.0 Å². The second kappa shape index (κ2) is 11.4. The van der Waals surface area contributed by atoms with Crippen molar-refractivity contribution in [2.75, 3.05) is 31.1 Å². The summed E-state index contributed by atoms with van der Waals surface area (Å²) in [5, 5.41) is 8.94. The molecule has 10 nitrogen and oxygen atoms in total. The van der Waals surface area contributed by atoms with Crippen LogP contribution in [0.25, 0.3) is 16.6 Å². The summed E-state index contributed by atoms with van der Waals surface area (Å²) in [6.07, 6.45) is 0.895. The summed E-state index contributed by atoms with van der Waals surface area (Å²) in [6, 6.07) is 8.89. The van der Waals surface area contributed by atoms with Crippen molar-refractivity contribution in [2.24, 2.45) is 10.1 Å². The fourth-order valence-corrected chi connectivity index (χ4v) is 6.80. The zero-order valence-electron chi connectivity index (χ0n) is 21.8. The van der Waals surface area contributed by atoms with Crippen LogP contribution in [0.1, 0.15) is 10.4 Å². The van der Waals surface area contributed by atoms with Gasteiger partial charge in [-0.3, -0.25) is 4.79 Å². The number of pyridine rings is 1. The van der Waals surface area contributed by atoms with Gasteiger partial charge in [-0.1, -0.05) is 29.3 Å². The van der Waals surface area contributed by atoms with Crippen LogP contribution in [-0.2, 0) is 10.0 Å². The van der Waals surface area contributed by atoms with E-state index in [-0.39, 0.29) is 64.5 Å². The molecule has 3 N–H and O–H groups in total. The first-order valence-electron chi connectivity index (χ1n) is 12.4. The summed E-state index contributed by atoms with van der Waals surface area (Å²) in [4.78, 5) is 27.3. The molecule has 0 unspecified atom stereocenters. The van der Waals surface area contributed by atoms with Gasteiger partial charge in [0.1, 0.15) is 27.9 Å². The molecule has 0 radical (unpaired) electrons. The largest absolute Gasteiger partial charge is 0.477 e. The van der Waals surface area contributed by atoms with Gasteiger partial charge in [0.15, 0.2) is 0 Å². The Labute approximate surface area is 252 Å². The van der Waals surface area contributed by atoms with Crippen LogP contribution >= 0.6 is 23.2 Å². The Morgan fingerprint density at radius 3 is 2.16 bits per heavy atom. The quantitative estimate of drug-likeness (QED) is 0.241. The van der Waals surface area contributed by atoms with Crippen molar-refractivity contribution in [3.8, 4) is 5.69 Å². The molecule has 1 aromatic heterocycles. The molecule has 2 heterocycles. The molecule has 1 aliphatic rings. The van der Waals surface area contributed by atoms with Crippen molar-refractivity contribution in [3.05, 3.63) is 98.0 Å². The van der Waals surface area contributed by atoms with Gasteiger partial charge in [-0.25, -0.2) is 18.0 Å². The maximum absolute atomic E-state index is 15.4. The first-order chi connectivity index (χ1) is 20.3. The Balaban J connectivity index is 1.49. The fourth-order valence-electron chi connectivity index (χ4n) is 4.74. The summed E-state index contributed by atoms with van der Waals surface area (Å²) < 4.78 is 74.1. The number of aromatic nitrogens is 1. The fraction of sp³-hybridized carbons (Fsp3) is 0.148. The molecular formula is C27H20Cl2F3N5O5S. The molecular weight excluding hydrogens is 634 g/mol. The lowest BCUT2D eigenvalue weighted by atomic mass is 10.1. The smallest absolute Gasteiger partial charge is 0.341 e. The number of anilines is 1. The van der Waals surface area contributed by atoms with Crippen molar-refractivity contribution < 1.29 is 31.5 Å². The van der Waals surface area contributed by atoms with E-state index in [9.17, 15) is 31.9 Å². The Morgan fingerprint density at radius 1 is 0.930 bits per heavy atom. The highest BCUT2D eigenvalue weighted by Gasteiger charge is 2.27. The van der Waals surface area contributed by atoms with Gasteiger partial charge in [-0.05, 0) is 36.4 Å². The third kappa shape index (κ3) is 5.72. The number of carboxylic acid groups (broad SMARTS) is 1. The molecule has 0 amide bonds. The second-order valence-electron chi connectivity index (χ2n) is 9.41. The first-order valence-corrected chi connectivity index (χ1v) is 14.6. The van der Waals surface area contributed by atoms with Crippen LogP contribution in [0, 0.1) is 17.5 Å². The molecule has 4 aromatic rings. The van der Waals surface area contributed by atoms with Gasteiger partial charge in [0.2, 0.25) is 11.4 Å². The predicted molar refractivity (Wildman–Crippen MR) is 155 cm³/mol. The Bertz CT molecular complexity index is 1980. The molecule has 1 saturated heterocycles. The molecule has 43 heavy (non-hydrogen) atoms. The number of hydrogen-bond acceptors (Lipinski definition) is 5. The standard InChI is InChI=1S/C27H20Cl2F3N5O5S/c28-17-2-1-3-18(29)25(17)43(41,42)34-27(33)36-8-6-35(7-9-36)23-12-22-15(11-20(23)32)24(38)16(26(39)40)13-37(22)21-5-4-14(30)10-19(21)31/h1-5,10-13H,6-9H2,(H2,33,34)(H,39,40). The van der Waals surface area contributed by atoms with Crippen molar-refractivity contribution in [1.29, 1.82) is 0 Å². The highest BCUT2D eigenvalue weighted by molar-refractivity contribution is 7.90. The van der Waals surface area contributed by atoms with E-state index in [4.69, 9.17) is 28.9 Å². The maximum atomic E-state index is 15.4. The molecule has 224 valence electrons. The van der Waals surface area contributed by atoms with E-state index in [1.54, 1.807) is 4.90 Å². The molecule has 16 heteroatoms. The summed E-state index contributed by atoms with van der Waals surface area (Å²) in [5.41, 5.74) is 3.98. The molecule has 0 saturated carbocycles. The van der Waals surface area contributed by atoms with E-state index >= 15 is 4.39 Å². The monoisotopic (exact) mass is 653 g/mol. The average molecular weight is 654 g/mol. The van der Waals surface area contributed by atoms with E-state index in [0.717, 1.165) is 29.0 Å². The zero-order chi connectivity index (χ0) is 31.2. The van der Waals surface area contributed by atoms with Crippen molar-refractivity contribution in [2.45, 2.75) is 4.90 Å². The van der Waals surface area contributed by atoms with E-state index in [1.165, 1.54) is 29.2 Å². The van der Waals surface area contributed by atoms with Gasteiger partial charge in [0.05, 0.1) is 26.9 Å². The number of rotatable bonds is 5. The summed E-state index contributed by atoms with van der Waals surface area (Å²) in [7, 11) is -4.36. The highest BCUT2D eigenvalue weighted by atomic mass is 35.5. The van der Waals surface area contributed by atoms with E-state index < -0.39 is 49.3 Å². The lowest BCUT2D eigenvalue weighted by molar-refractivity contribution is 0.0695. The molecule has 0 atom stereocenters. The molecule has 0 bridgehead atoms. The van der Waals surface area contributed by atoms with Gasteiger partial charge in [-0.15, -0.1) is 4.40 Å². The lowest BCUT2D eigenvalue weighted by Crippen LogP contribution is -2.51. The molecule has 0 spiro atoms. The van der Waals surface area contributed by atoms with Crippen molar-refractivity contribution in [1.82, 2.24) is 9.47 Å². The number of benzene rings is 3. The number of fused-ring (bicyclic) bond motifs is 1. The zero-order valence-corrected chi connectivity index (χ0v) is 24.1. The molecule has 5 rings (SSSR count). The van der Waals surface area contributed by atoms with E-state index in [2.05, 4.69) is 4.40 Å². The van der Waals surface area contributed by atoms with E-state index in [0.29, 0.717) is 6.07 Å². The Kier molecular flexibility index (Phi) is 8.03. The molecule has 0 aliphatic carbocycles. The highest BCUT2D eigenvalue weighted by Crippen LogP contribution is 2.31. The number of nitrogens with zero attached hydrogens (tertiary/aromatic N) is 4. The van der Waals surface area contributed by atoms with Crippen LogP contribution in [0.3, 0.4) is 0 Å². The predicted octanol–water partition coefficient (Wildman–Crippen LogP) is 4.24. The van der Waals surface area contributed by atoms with Crippen LogP contribution < -0.4 is 16.1 Å². The van der Waals surface area contributed by atoms with Gasteiger partial charge in [0.25, 0.3) is 10.0 Å².